The van der Waals surface area contributed by atoms with Gasteiger partial charge in [-0.15, -0.1) is 0 Å². The predicted molar refractivity (Wildman–Crippen MR) is 74.7 cm³/mol. The Bertz CT molecular complexity index is 638. The molecule has 1 aromatic carbocycles. The van der Waals surface area contributed by atoms with Crippen LogP contribution in [0.3, 0.4) is 0 Å². The van der Waals surface area contributed by atoms with Crippen LogP contribution in [0, 0.1) is 0 Å². The van der Waals surface area contributed by atoms with Gasteiger partial charge in [0, 0.05) is 37.1 Å². The first-order valence-electron chi connectivity index (χ1n) is 6.34. The van der Waals surface area contributed by atoms with Crippen molar-refractivity contribution in [1.82, 2.24) is 9.55 Å². The molecule has 0 atom stereocenters. The SMILES string of the molecule is CC(=O)Nc1ccc(C2=CCCn3ccnc32)cc1. The molecule has 3 rings (SSSR count). The van der Waals surface area contributed by atoms with Crippen LogP contribution in [-0.2, 0) is 11.3 Å². The van der Waals surface area contributed by atoms with Crippen molar-refractivity contribution in [2.75, 3.05) is 5.32 Å². The van der Waals surface area contributed by atoms with E-state index in [0.29, 0.717) is 0 Å². The highest BCUT2D eigenvalue weighted by Gasteiger charge is 2.14. The Kier molecular flexibility index (Phi) is 2.91. The quantitative estimate of drug-likeness (QED) is 0.894. The number of benzene rings is 1. The number of hydrogen-bond donors (Lipinski definition) is 1. The molecule has 2 heterocycles. The van der Waals surface area contributed by atoms with Gasteiger partial charge in [-0.2, -0.15) is 0 Å². The van der Waals surface area contributed by atoms with Gasteiger partial charge < -0.3 is 9.88 Å². The highest BCUT2D eigenvalue weighted by atomic mass is 16.1. The number of hydrogen-bond acceptors (Lipinski definition) is 2. The Morgan fingerprint density at radius 3 is 2.84 bits per heavy atom. The third kappa shape index (κ3) is 2.29. The lowest BCUT2D eigenvalue weighted by atomic mass is 10.0. The molecule has 96 valence electrons. The molecule has 1 N–H and O–H groups in total. The number of nitrogens with one attached hydrogen (secondary N) is 1. The zero-order chi connectivity index (χ0) is 13.2. The summed E-state index contributed by atoms with van der Waals surface area (Å²) in [6, 6.07) is 7.86. The molecule has 0 fully saturated rings. The number of allylic oxidation sites excluding steroid dienone is 1. The van der Waals surface area contributed by atoms with E-state index in [1.165, 1.54) is 6.92 Å². The first-order valence-corrected chi connectivity index (χ1v) is 6.34. The van der Waals surface area contributed by atoms with Crippen LogP contribution in [-0.4, -0.2) is 15.5 Å². The smallest absolute Gasteiger partial charge is 0.221 e. The van der Waals surface area contributed by atoms with Crippen LogP contribution in [0.4, 0.5) is 5.69 Å². The van der Waals surface area contributed by atoms with Gasteiger partial charge >= 0.3 is 0 Å². The Morgan fingerprint density at radius 2 is 2.11 bits per heavy atom. The van der Waals surface area contributed by atoms with Crippen molar-refractivity contribution < 1.29 is 4.79 Å². The molecule has 4 heteroatoms. The van der Waals surface area contributed by atoms with Crippen LogP contribution in [0.25, 0.3) is 5.57 Å². The summed E-state index contributed by atoms with van der Waals surface area (Å²) < 4.78 is 2.16. The summed E-state index contributed by atoms with van der Waals surface area (Å²) >= 11 is 0. The minimum absolute atomic E-state index is 0.0554. The second-order valence-electron chi connectivity index (χ2n) is 4.61. The van der Waals surface area contributed by atoms with Crippen LogP contribution >= 0.6 is 0 Å². The van der Waals surface area contributed by atoms with Gasteiger partial charge in [0.25, 0.3) is 0 Å². The Morgan fingerprint density at radius 1 is 1.32 bits per heavy atom. The molecule has 0 saturated heterocycles. The Labute approximate surface area is 111 Å². The maximum absolute atomic E-state index is 11.0. The van der Waals surface area contributed by atoms with Gasteiger partial charge in [-0.3, -0.25) is 4.79 Å². The number of imidazole rings is 1. The fourth-order valence-electron chi connectivity index (χ4n) is 2.36. The van der Waals surface area contributed by atoms with Crippen molar-refractivity contribution in [1.29, 1.82) is 0 Å². The van der Waals surface area contributed by atoms with E-state index in [0.717, 1.165) is 35.6 Å². The van der Waals surface area contributed by atoms with Gasteiger partial charge in [-0.25, -0.2) is 4.98 Å². The summed E-state index contributed by atoms with van der Waals surface area (Å²) in [6.07, 6.45) is 7.08. The van der Waals surface area contributed by atoms with Gasteiger partial charge in [0.05, 0.1) is 0 Å². The molecule has 0 bridgehead atoms. The second kappa shape index (κ2) is 4.72. The maximum Gasteiger partial charge on any atom is 0.221 e. The van der Waals surface area contributed by atoms with Crippen LogP contribution < -0.4 is 5.32 Å². The van der Waals surface area contributed by atoms with Crippen molar-refractivity contribution in [2.24, 2.45) is 0 Å². The van der Waals surface area contributed by atoms with Crippen molar-refractivity contribution in [3.8, 4) is 0 Å². The molecule has 0 radical (unpaired) electrons. The Hall–Kier alpha value is -2.36. The van der Waals surface area contributed by atoms with Crippen LogP contribution in [0.5, 0.6) is 0 Å². The van der Waals surface area contributed by atoms with Crippen molar-refractivity contribution >= 4 is 17.2 Å². The van der Waals surface area contributed by atoms with Gasteiger partial charge in [-0.1, -0.05) is 18.2 Å². The number of carbonyl (C=O) groups is 1. The molecular formula is C15H15N3O. The van der Waals surface area contributed by atoms with E-state index in [1.807, 2.05) is 36.7 Å². The Balaban J connectivity index is 1.91. The van der Waals surface area contributed by atoms with E-state index >= 15 is 0 Å². The van der Waals surface area contributed by atoms with E-state index in [-0.39, 0.29) is 5.91 Å². The first kappa shape index (κ1) is 11.7. The number of aryl methyl sites for hydroxylation is 1. The third-order valence-corrected chi connectivity index (χ3v) is 3.19. The van der Waals surface area contributed by atoms with Crippen LogP contribution in [0.2, 0.25) is 0 Å². The van der Waals surface area contributed by atoms with E-state index in [1.54, 1.807) is 0 Å². The molecule has 19 heavy (non-hydrogen) atoms. The van der Waals surface area contributed by atoms with Gasteiger partial charge in [0.2, 0.25) is 5.91 Å². The summed E-state index contributed by atoms with van der Waals surface area (Å²) in [5.41, 5.74) is 3.10. The molecule has 1 aliphatic heterocycles. The number of anilines is 1. The maximum atomic E-state index is 11.0. The second-order valence-corrected chi connectivity index (χ2v) is 4.61. The predicted octanol–water partition coefficient (Wildman–Crippen LogP) is 2.68. The standard InChI is InChI=1S/C15H15N3O/c1-11(19)17-13-6-4-12(5-7-13)14-3-2-9-18-10-8-16-15(14)18/h3-8,10H,2,9H2,1H3,(H,17,19). The molecule has 1 aliphatic rings. The number of fused-ring (bicyclic) bond motifs is 1. The zero-order valence-electron chi connectivity index (χ0n) is 10.8. The largest absolute Gasteiger partial charge is 0.331 e. The summed E-state index contributed by atoms with van der Waals surface area (Å²) in [7, 11) is 0. The van der Waals surface area contributed by atoms with E-state index in [2.05, 4.69) is 20.9 Å². The summed E-state index contributed by atoms with van der Waals surface area (Å²) in [6.45, 7) is 2.50. The molecule has 0 spiro atoms. The van der Waals surface area contributed by atoms with Crippen molar-refractivity contribution in [3.05, 3.63) is 54.1 Å². The lowest BCUT2D eigenvalue weighted by molar-refractivity contribution is -0.114. The fourth-order valence-corrected chi connectivity index (χ4v) is 2.36. The van der Waals surface area contributed by atoms with Crippen molar-refractivity contribution in [2.45, 2.75) is 19.9 Å². The molecule has 2 aromatic rings. The lowest BCUT2D eigenvalue weighted by Crippen LogP contribution is -2.08. The van der Waals surface area contributed by atoms with Crippen LogP contribution in [0.1, 0.15) is 24.7 Å². The van der Waals surface area contributed by atoms with E-state index < -0.39 is 0 Å². The number of aromatic nitrogens is 2. The zero-order valence-corrected chi connectivity index (χ0v) is 10.8. The summed E-state index contributed by atoms with van der Waals surface area (Å²) in [4.78, 5) is 15.4. The summed E-state index contributed by atoms with van der Waals surface area (Å²) in [5.74, 6) is 0.957. The number of nitrogens with zero attached hydrogens (tertiary/aromatic N) is 2. The number of carbonyl (C=O) groups excluding carboxylic acids is 1. The average molecular weight is 253 g/mol. The number of rotatable bonds is 2. The average Bonchev–Trinajstić information content (AvgIpc) is 2.87. The topological polar surface area (TPSA) is 46.9 Å². The molecule has 4 nitrogen and oxygen atoms in total. The van der Waals surface area contributed by atoms with Crippen molar-refractivity contribution in [3.63, 3.8) is 0 Å². The molecular weight excluding hydrogens is 238 g/mol. The highest BCUT2D eigenvalue weighted by Crippen LogP contribution is 2.27. The molecule has 1 amide bonds. The minimum Gasteiger partial charge on any atom is -0.331 e. The van der Waals surface area contributed by atoms with E-state index in [9.17, 15) is 4.79 Å². The molecule has 0 saturated carbocycles. The number of amides is 1. The van der Waals surface area contributed by atoms with Gasteiger partial charge in [0.1, 0.15) is 5.82 Å². The van der Waals surface area contributed by atoms with Gasteiger partial charge in [0.15, 0.2) is 0 Å². The lowest BCUT2D eigenvalue weighted by Gasteiger charge is -2.16. The summed E-state index contributed by atoms with van der Waals surface area (Å²) in [5, 5.41) is 2.77. The molecule has 0 unspecified atom stereocenters. The molecule has 1 aromatic heterocycles. The normalized spacial score (nSPS) is 13.6. The van der Waals surface area contributed by atoms with Crippen LogP contribution in [0.15, 0.2) is 42.7 Å². The monoisotopic (exact) mass is 253 g/mol. The minimum atomic E-state index is -0.0554. The first-order chi connectivity index (χ1) is 9.24. The molecule has 0 aliphatic carbocycles. The third-order valence-electron chi connectivity index (χ3n) is 3.19. The fraction of sp³-hybridized carbons (Fsp3) is 0.200. The van der Waals surface area contributed by atoms with Gasteiger partial charge in [-0.05, 0) is 24.1 Å². The highest BCUT2D eigenvalue weighted by molar-refractivity contribution is 5.89. The van der Waals surface area contributed by atoms with E-state index in [4.69, 9.17) is 0 Å².